The molecule has 0 radical (unpaired) electrons. The Labute approximate surface area is 354 Å². The Morgan fingerprint density at radius 2 is 1.65 bits per heavy atom. The third kappa shape index (κ3) is 9.13. The number of benzene rings is 3. The normalized spacial score (nSPS) is 29.6. The average molecular weight is 851 g/mol. The van der Waals surface area contributed by atoms with E-state index in [4.69, 9.17) is 30.5 Å². The Morgan fingerprint density at radius 3 is 2.30 bits per heavy atom. The zero-order valence-corrected chi connectivity index (χ0v) is 36.0. The molecule has 15 heteroatoms. The number of carbonyl (C=O) groups is 3. The van der Waals surface area contributed by atoms with Crippen LogP contribution in [0.15, 0.2) is 60.4 Å². The number of aliphatic hydroxyl groups excluding tert-OH is 2. The molecule has 0 spiro atoms. The van der Waals surface area contributed by atoms with Gasteiger partial charge in [-0.15, -0.1) is 0 Å². The van der Waals surface area contributed by atoms with Crippen molar-refractivity contribution in [3.05, 3.63) is 87.7 Å². The van der Waals surface area contributed by atoms with Gasteiger partial charge in [0, 0.05) is 84.8 Å². The van der Waals surface area contributed by atoms with Crippen molar-refractivity contribution in [2.75, 3.05) is 12.4 Å². The van der Waals surface area contributed by atoms with Crippen LogP contribution >= 0.6 is 11.6 Å². The van der Waals surface area contributed by atoms with E-state index in [0.717, 1.165) is 5.56 Å². The van der Waals surface area contributed by atoms with Gasteiger partial charge in [-0.2, -0.15) is 0 Å². The van der Waals surface area contributed by atoms with Gasteiger partial charge in [-0.05, 0) is 37.6 Å². The van der Waals surface area contributed by atoms with Gasteiger partial charge in [0.15, 0.2) is 5.75 Å². The molecule has 5 bridgehead atoms. The third-order valence-electron chi connectivity index (χ3n) is 11.6. The quantitative estimate of drug-likeness (QED) is 0.0783. The van der Waals surface area contributed by atoms with E-state index in [-0.39, 0.29) is 57.6 Å². The molecule has 3 aromatic carbocycles. The number of halogens is 1. The molecule has 0 saturated heterocycles. The number of fused-ring (bicyclic) bond motifs is 14. The Hall–Kier alpha value is -5.12. The summed E-state index contributed by atoms with van der Waals surface area (Å²) in [5.41, 5.74) is 0.638. The first-order chi connectivity index (χ1) is 28.2. The summed E-state index contributed by atoms with van der Waals surface area (Å²) in [5, 5.41) is 64.3. The molecule has 60 heavy (non-hydrogen) atoms. The van der Waals surface area contributed by atoms with Gasteiger partial charge in [-0.3, -0.25) is 14.4 Å². The highest BCUT2D eigenvalue weighted by Crippen LogP contribution is 2.55. The van der Waals surface area contributed by atoms with Crippen LogP contribution in [0.3, 0.4) is 0 Å². The minimum Gasteiger partial charge on any atom is -0.507 e. The standard InChI is InChI=1S/C45H55ClN2O12/c1-21-12-10-13-22(2)44(56)48-35-30(20-47-19-28-14-11-15-29(46)18-28)39(53)32-33(40(35)54)38(52)26(6)42-34(32)43(55)45(8,60-42)58-17-16-31(57-9)23(3)41(59-27(7)49)25(5)37(51)24(4)36(21)50/h10-18,21,23-25,31,36-37,41,47,50-54H,19-20H2,1-9H3,(H,48,56)/b12-10+,17-16+,22-13-/t21-,23+,24+,25+,31-,36-,37+,41+,45-/m0/s1. The fraction of sp³-hybridized carbons (Fsp3) is 0.444. The first-order valence-corrected chi connectivity index (χ1v) is 20.1. The summed E-state index contributed by atoms with van der Waals surface area (Å²) >= 11 is 6.19. The van der Waals surface area contributed by atoms with Crippen LogP contribution < -0.4 is 15.4 Å². The Bertz CT molecular complexity index is 2240. The molecular weight excluding hydrogens is 796 g/mol. The number of allylic oxidation sites excluding steroid dienone is 2. The van der Waals surface area contributed by atoms with Gasteiger partial charge in [0.25, 0.3) is 11.7 Å². The van der Waals surface area contributed by atoms with Crippen molar-refractivity contribution in [3.8, 4) is 23.0 Å². The van der Waals surface area contributed by atoms with Gasteiger partial charge in [0.05, 0.1) is 41.2 Å². The fourth-order valence-electron chi connectivity index (χ4n) is 7.94. The maximum absolute atomic E-state index is 14.4. The SMILES string of the molecule is CO[C@H]1/C=C/O[C@@]2(C)Oc3c(C)c(O)c4c(O)c(c(CNCc5cccc(Cl)c5)c(O)c4c3C2=O)NC(=O)/C(C)=C\C=C\[C@H](C)[C@H](O)[C@@H](C)[C@@H](O)[C@@H](C)[C@H](OC(C)=O)[C@@H]1C. The molecule has 9 atom stereocenters. The van der Waals surface area contributed by atoms with Crippen LogP contribution in [-0.4, -0.2) is 80.5 Å². The van der Waals surface area contributed by atoms with Crippen LogP contribution in [0, 0.1) is 30.6 Å². The van der Waals surface area contributed by atoms with Gasteiger partial charge in [0.1, 0.15) is 23.4 Å². The van der Waals surface area contributed by atoms with Crippen molar-refractivity contribution in [3.63, 3.8) is 0 Å². The molecule has 0 aromatic heterocycles. The minimum absolute atomic E-state index is 0.00127. The maximum atomic E-state index is 14.4. The number of anilines is 1. The van der Waals surface area contributed by atoms with Crippen LogP contribution in [0.4, 0.5) is 5.69 Å². The van der Waals surface area contributed by atoms with Crippen molar-refractivity contribution < 1.29 is 58.9 Å². The van der Waals surface area contributed by atoms with E-state index in [2.05, 4.69) is 10.6 Å². The molecule has 0 unspecified atom stereocenters. The number of ketones is 1. The van der Waals surface area contributed by atoms with Crippen LogP contribution in [0.1, 0.15) is 75.5 Å². The predicted molar refractivity (Wildman–Crippen MR) is 226 cm³/mol. The summed E-state index contributed by atoms with van der Waals surface area (Å²) in [7, 11) is 1.43. The second-order valence-corrected chi connectivity index (χ2v) is 16.4. The number of rotatable bonds is 6. The lowest BCUT2D eigenvalue weighted by Crippen LogP contribution is -2.46. The number of phenols is 3. The summed E-state index contributed by atoms with van der Waals surface area (Å²) in [6, 6.07) is 7.09. The molecular formula is C45H55ClN2O12. The molecule has 7 N–H and O–H groups in total. The van der Waals surface area contributed by atoms with Crippen molar-refractivity contribution in [1.29, 1.82) is 0 Å². The predicted octanol–water partition coefficient (Wildman–Crippen LogP) is 6.70. The van der Waals surface area contributed by atoms with E-state index in [9.17, 15) is 39.9 Å². The van der Waals surface area contributed by atoms with Crippen LogP contribution in [0.2, 0.25) is 5.02 Å². The molecule has 3 aliphatic heterocycles. The van der Waals surface area contributed by atoms with E-state index in [1.165, 1.54) is 53.2 Å². The Balaban J connectivity index is 1.68. The van der Waals surface area contributed by atoms with Gasteiger partial charge in [0.2, 0.25) is 0 Å². The molecule has 3 aromatic rings. The minimum atomic E-state index is -2.05. The molecule has 324 valence electrons. The molecule has 0 saturated carbocycles. The van der Waals surface area contributed by atoms with Crippen molar-refractivity contribution in [2.24, 2.45) is 23.7 Å². The number of hydrogen-bond donors (Lipinski definition) is 7. The van der Waals surface area contributed by atoms with E-state index in [1.807, 2.05) is 6.07 Å². The molecule has 0 aliphatic carbocycles. The average Bonchev–Trinajstić information content (AvgIpc) is 3.47. The summed E-state index contributed by atoms with van der Waals surface area (Å²) < 4.78 is 23.6. The van der Waals surface area contributed by atoms with E-state index < -0.39 is 88.8 Å². The second-order valence-electron chi connectivity index (χ2n) is 15.9. The molecule has 6 rings (SSSR count). The number of esters is 1. The lowest BCUT2D eigenvalue weighted by molar-refractivity contribution is -0.160. The molecule has 3 aliphatic rings. The molecule has 1 amide bonds. The number of methoxy groups -OCH3 is 1. The number of carbonyl (C=O) groups excluding carboxylic acids is 3. The van der Waals surface area contributed by atoms with Crippen LogP contribution in [0.25, 0.3) is 10.8 Å². The highest BCUT2D eigenvalue weighted by atomic mass is 35.5. The maximum Gasteiger partial charge on any atom is 0.312 e. The molecule has 0 fully saturated rings. The van der Waals surface area contributed by atoms with Crippen LogP contribution in [0.5, 0.6) is 23.0 Å². The number of aromatic hydroxyl groups is 3. The lowest BCUT2D eigenvalue weighted by Gasteiger charge is -2.38. The number of amides is 1. The summed E-state index contributed by atoms with van der Waals surface area (Å²) in [6.45, 7) is 12.6. The third-order valence-corrected chi connectivity index (χ3v) is 11.9. The van der Waals surface area contributed by atoms with Crippen LogP contribution in [-0.2, 0) is 36.9 Å². The van der Waals surface area contributed by atoms with E-state index in [1.54, 1.807) is 58.0 Å². The van der Waals surface area contributed by atoms with Crippen molar-refractivity contribution >= 4 is 45.7 Å². The number of Topliss-reactive ketones (excluding diaryl/α,β-unsaturated/α-hetero) is 1. The number of hydrogen-bond acceptors (Lipinski definition) is 13. The lowest BCUT2D eigenvalue weighted by atomic mass is 9.78. The highest BCUT2D eigenvalue weighted by molar-refractivity contribution is 6.30. The smallest absolute Gasteiger partial charge is 0.312 e. The van der Waals surface area contributed by atoms with E-state index >= 15 is 0 Å². The van der Waals surface area contributed by atoms with Gasteiger partial charge < -0.3 is 55.1 Å². The summed E-state index contributed by atoms with van der Waals surface area (Å²) in [5.74, 6) is -8.29. The number of aliphatic hydroxyl groups is 2. The molecule has 3 heterocycles. The topological polar surface area (TPSA) is 213 Å². The monoisotopic (exact) mass is 850 g/mol. The summed E-state index contributed by atoms with van der Waals surface area (Å²) in [4.78, 5) is 40.5. The largest absolute Gasteiger partial charge is 0.507 e. The van der Waals surface area contributed by atoms with Crippen molar-refractivity contribution in [2.45, 2.75) is 98.7 Å². The van der Waals surface area contributed by atoms with Gasteiger partial charge >= 0.3 is 11.8 Å². The number of nitrogens with one attached hydrogen (secondary N) is 2. The second kappa shape index (κ2) is 18.7. The molecule has 14 nitrogen and oxygen atoms in total. The van der Waals surface area contributed by atoms with E-state index in [0.29, 0.717) is 5.02 Å². The highest BCUT2D eigenvalue weighted by Gasteiger charge is 2.50. The van der Waals surface area contributed by atoms with Crippen molar-refractivity contribution in [1.82, 2.24) is 5.32 Å². The zero-order chi connectivity index (χ0) is 44.4. The summed E-state index contributed by atoms with van der Waals surface area (Å²) in [6.07, 6.45) is 3.54. The number of phenolic OH excluding ortho intramolecular Hbond substituents is 3. The first-order valence-electron chi connectivity index (χ1n) is 19.8. The fourth-order valence-corrected chi connectivity index (χ4v) is 8.15. The first kappa shape index (κ1) is 46.0. The Morgan fingerprint density at radius 1 is 0.950 bits per heavy atom. The zero-order valence-electron chi connectivity index (χ0n) is 35.2. The van der Waals surface area contributed by atoms with Gasteiger partial charge in [-0.1, -0.05) is 69.7 Å². The Kier molecular flexibility index (Phi) is 14.3. The number of ether oxygens (including phenoxy) is 4. The van der Waals surface area contributed by atoms with Gasteiger partial charge in [-0.25, -0.2) is 0 Å².